The van der Waals surface area contributed by atoms with E-state index in [1.807, 2.05) is 6.92 Å². The zero-order valence-electron chi connectivity index (χ0n) is 10.9. The minimum Gasteiger partial charge on any atom is -0.326 e. The van der Waals surface area contributed by atoms with Crippen LogP contribution >= 0.6 is 0 Å². The van der Waals surface area contributed by atoms with E-state index in [4.69, 9.17) is 5.73 Å². The average molecular weight is 274 g/mol. The number of sulfonamides is 1. The molecule has 0 spiro atoms. The van der Waals surface area contributed by atoms with E-state index in [-0.39, 0.29) is 17.5 Å². The summed E-state index contributed by atoms with van der Waals surface area (Å²) in [5.41, 5.74) is 6.03. The van der Waals surface area contributed by atoms with E-state index < -0.39 is 15.8 Å². The van der Waals surface area contributed by atoms with Crippen molar-refractivity contribution < 1.29 is 12.8 Å². The van der Waals surface area contributed by atoms with E-state index in [0.29, 0.717) is 12.0 Å². The summed E-state index contributed by atoms with van der Waals surface area (Å²) in [4.78, 5) is -0.312. The molecular weight excluding hydrogens is 255 g/mol. The summed E-state index contributed by atoms with van der Waals surface area (Å²) in [6, 6.07) is 3.73. The molecule has 18 heavy (non-hydrogen) atoms. The van der Waals surface area contributed by atoms with Gasteiger partial charge in [0.15, 0.2) is 0 Å². The third-order valence-corrected chi connectivity index (χ3v) is 5.09. The quantitative estimate of drug-likeness (QED) is 0.889. The maximum atomic E-state index is 13.7. The number of hydrogen-bond donors (Lipinski definition) is 1. The molecule has 0 fully saturated rings. The summed E-state index contributed by atoms with van der Waals surface area (Å²) < 4.78 is 39.4. The second-order valence-corrected chi connectivity index (χ2v) is 6.21. The third-order valence-electron chi connectivity index (χ3n) is 3.10. The molecule has 4 nitrogen and oxygen atoms in total. The molecule has 0 radical (unpaired) electrons. The first kappa shape index (κ1) is 15.1. The molecule has 0 aliphatic heterocycles. The lowest BCUT2D eigenvalue weighted by atomic mass is 10.2. The highest BCUT2D eigenvalue weighted by Crippen LogP contribution is 2.22. The normalized spacial score (nSPS) is 13.9. The molecule has 0 aliphatic carbocycles. The first-order valence-corrected chi connectivity index (χ1v) is 7.25. The van der Waals surface area contributed by atoms with Crippen molar-refractivity contribution in [1.82, 2.24) is 4.31 Å². The fourth-order valence-electron chi connectivity index (χ4n) is 1.52. The molecule has 0 amide bonds. The zero-order chi connectivity index (χ0) is 13.9. The molecule has 6 heteroatoms. The lowest BCUT2D eigenvalue weighted by molar-refractivity contribution is 0.378. The summed E-state index contributed by atoms with van der Waals surface area (Å²) in [5.74, 6) is -0.748. The van der Waals surface area contributed by atoms with Crippen LogP contribution in [0.2, 0.25) is 0 Å². The first-order valence-electron chi connectivity index (χ1n) is 5.81. The van der Waals surface area contributed by atoms with Gasteiger partial charge in [-0.1, -0.05) is 13.0 Å². The van der Waals surface area contributed by atoms with Gasteiger partial charge in [-0.2, -0.15) is 4.31 Å². The van der Waals surface area contributed by atoms with E-state index in [0.717, 1.165) is 6.07 Å². The predicted octanol–water partition coefficient (Wildman–Crippen LogP) is 1.70. The monoisotopic (exact) mass is 274 g/mol. The molecule has 0 heterocycles. The maximum absolute atomic E-state index is 13.7. The molecule has 1 aromatic rings. The highest BCUT2D eigenvalue weighted by molar-refractivity contribution is 7.89. The summed E-state index contributed by atoms with van der Waals surface area (Å²) in [6.45, 7) is 3.83. The molecule has 102 valence electrons. The van der Waals surface area contributed by atoms with Crippen LogP contribution < -0.4 is 5.73 Å². The third kappa shape index (κ3) is 2.88. The van der Waals surface area contributed by atoms with Crippen molar-refractivity contribution in [2.45, 2.75) is 37.8 Å². The summed E-state index contributed by atoms with van der Waals surface area (Å²) in [6.07, 6.45) is 0.661. The number of rotatable bonds is 5. The van der Waals surface area contributed by atoms with Gasteiger partial charge in [0.2, 0.25) is 10.0 Å². The zero-order valence-corrected chi connectivity index (χ0v) is 11.7. The molecule has 0 saturated carbocycles. The molecule has 0 bridgehead atoms. The highest BCUT2D eigenvalue weighted by Gasteiger charge is 2.27. The fraction of sp³-hybridized carbons (Fsp3) is 0.500. The second-order valence-electron chi connectivity index (χ2n) is 4.25. The van der Waals surface area contributed by atoms with Gasteiger partial charge in [0, 0.05) is 19.6 Å². The van der Waals surface area contributed by atoms with Gasteiger partial charge in [-0.05, 0) is 31.0 Å². The minimum absolute atomic E-state index is 0.176. The van der Waals surface area contributed by atoms with Crippen molar-refractivity contribution in [2.24, 2.45) is 5.73 Å². The Kier molecular flexibility index (Phi) is 4.84. The molecule has 1 aromatic carbocycles. The van der Waals surface area contributed by atoms with Crippen LogP contribution in [-0.2, 0) is 16.6 Å². The minimum atomic E-state index is -3.81. The summed E-state index contributed by atoms with van der Waals surface area (Å²) in [5, 5.41) is 0. The van der Waals surface area contributed by atoms with Gasteiger partial charge < -0.3 is 5.73 Å². The smallest absolute Gasteiger partial charge is 0.245 e. The number of nitrogens with zero attached hydrogens (tertiary/aromatic N) is 1. The Morgan fingerprint density at radius 3 is 2.56 bits per heavy atom. The highest BCUT2D eigenvalue weighted by atomic mass is 32.2. The van der Waals surface area contributed by atoms with Crippen molar-refractivity contribution in [2.75, 3.05) is 7.05 Å². The molecular formula is C12H19FN2O2S. The van der Waals surface area contributed by atoms with Crippen molar-refractivity contribution in [1.29, 1.82) is 0 Å². The van der Waals surface area contributed by atoms with Crippen LogP contribution in [0, 0.1) is 5.82 Å². The van der Waals surface area contributed by atoms with Crippen molar-refractivity contribution >= 4 is 10.0 Å². The number of hydrogen-bond acceptors (Lipinski definition) is 3. The lowest BCUT2D eigenvalue weighted by Gasteiger charge is -2.23. The number of halogens is 1. The van der Waals surface area contributed by atoms with E-state index in [2.05, 4.69) is 0 Å². The maximum Gasteiger partial charge on any atom is 0.245 e. The molecule has 2 N–H and O–H groups in total. The Labute approximate surface area is 108 Å². The van der Waals surface area contributed by atoms with Gasteiger partial charge in [-0.25, -0.2) is 12.8 Å². The van der Waals surface area contributed by atoms with Gasteiger partial charge >= 0.3 is 0 Å². The van der Waals surface area contributed by atoms with Crippen LogP contribution in [0.5, 0.6) is 0 Å². The Morgan fingerprint density at radius 2 is 2.06 bits per heavy atom. The fourth-order valence-corrected chi connectivity index (χ4v) is 3.07. The standard InChI is InChI=1S/C12H19FN2O2S/c1-4-9(2)15(3)18(16,17)12-7-10(8-14)5-6-11(12)13/h5-7,9H,4,8,14H2,1-3H3. The summed E-state index contributed by atoms with van der Waals surface area (Å²) >= 11 is 0. The number of nitrogens with two attached hydrogens (primary N) is 1. The van der Waals surface area contributed by atoms with Crippen LogP contribution in [0.4, 0.5) is 4.39 Å². The average Bonchev–Trinajstić information content (AvgIpc) is 2.37. The van der Waals surface area contributed by atoms with Crippen LogP contribution in [0.1, 0.15) is 25.8 Å². The topological polar surface area (TPSA) is 63.4 Å². The van der Waals surface area contributed by atoms with Crippen molar-refractivity contribution in [3.63, 3.8) is 0 Å². The van der Waals surface area contributed by atoms with Crippen LogP contribution in [0.25, 0.3) is 0 Å². The van der Waals surface area contributed by atoms with Gasteiger partial charge in [0.25, 0.3) is 0 Å². The van der Waals surface area contributed by atoms with Crippen LogP contribution in [-0.4, -0.2) is 25.8 Å². The number of benzene rings is 1. The second kappa shape index (κ2) is 5.77. The molecule has 1 atom stereocenters. The van der Waals surface area contributed by atoms with Crippen molar-refractivity contribution in [3.05, 3.63) is 29.6 Å². The molecule has 1 rings (SSSR count). The van der Waals surface area contributed by atoms with E-state index in [1.165, 1.54) is 23.5 Å². The van der Waals surface area contributed by atoms with E-state index in [1.54, 1.807) is 6.92 Å². The van der Waals surface area contributed by atoms with Crippen LogP contribution in [0.3, 0.4) is 0 Å². The molecule has 0 aromatic heterocycles. The van der Waals surface area contributed by atoms with Gasteiger partial charge in [0.1, 0.15) is 10.7 Å². The van der Waals surface area contributed by atoms with E-state index in [9.17, 15) is 12.8 Å². The van der Waals surface area contributed by atoms with Gasteiger partial charge in [-0.3, -0.25) is 0 Å². The molecule has 0 saturated heterocycles. The Bertz CT molecular complexity index is 517. The van der Waals surface area contributed by atoms with Gasteiger partial charge in [0.05, 0.1) is 0 Å². The molecule has 1 unspecified atom stereocenters. The largest absolute Gasteiger partial charge is 0.326 e. The SMILES string of the molecule is CCC(C)N(C)S(=O)(=O)c1cc(CN)ccc1F. The predicted molar refractivity (Wildman–Crippen MR) is 69.0 cm³/mol. The van der Waals surface area contributed by atoms with Gasteiger partial charge in [-0.15, -0.1) is 0 Å². The Morgan fingerprint density at radius 1 is 1.44 bits per heavy atom. The molecule has 0 aliphatic rings. The first-order chi connectivity index (χ1) is 8.34. The van der Waals surface area contributed by atoms with E-state index >= 15 is 0 Å². The Balaban J connectivity index is 3.27. The van der Waals surface area contributed by atoms with Crippen LogP contribution in [0.15, 0.2) is 23.1 Å². The lowest BCUT2D eigenvalue weighted by Crippen LogP contribution is -2.35. The summed E-state index contributed by atoms with van der Waals surface area (Å²) in [7, 11) is -2.35. The Hall–Kier alpha value is -0.980. The van der Waals surface area contributed by atoms with Crippen molar-refractivity contribution in [3.8, 4) is 0 Å².